The summed E-state index contributed by atoms with van der Waals surface area (Å²) in [4.78, 5) is 14.3. The molecule has 106 valence electrons. The molecule has 1 saturated carbocycles. The molecule has 4 heteroatoms. The van der Waals surface area contributed by atoms with Gasteiger partial charge in [-0.15, -0.1) is 11.3 Å². The van der Waals surface area contributed by atoms with E-state index in [1.807, 2.05) is 6.07 Å². The third-order valence-corrected chi connectivity index (χ3v) is 5.07. The number of hydrogen-bond donors (Lipinski definition) is 2. The zero-order valence-electron chi connectivity index (χ0n) is 11.7. The molecule has 2 atom stereocenters. The number of carbonyl (C=O) groups is 1. The quantitative estimate of drug-likeness (QED) is 0.872. The Morgan fingerprint density at radius 1 is 1.53 bits per heavy atom. The van der Waals surface area contributed by atoms with Gasteiger partial charge in [-0.05, 0) is 37.8 Å². The van der Waals surface area contributed by atoms with Crippen LogP contribution < -0.4 is 5.32 Å². The molecule has 1 aromatic heterocycles. The number of carbonyl (C=O) groups excluding carboxylic acids is 1. The van der Waals surface area contributed by atoms with Crippen molar-refractivity contribution < 1.29 is 9.90 Å². The van der Waals surface area contributed by atoms with Gasteiger partial charge >= 0.3 is 0 Å². The molecule has 2 unspecified atom stereocenters. The van der Waals surface area contributed by atoms with Gasteiger partial charge in [0, 0.05) is 23.4 Å². The lowest BCUT2D eigenvalue weighted by Crippen LogP contribution is -2.38. The number of aliphatic hydroxyl groups excluding tert-OH is 1. The van der Waals surface area contributed by atoms with Crippen molar-refractivity contribution in [3.8, 4) is 0 Å². The summed E-state index contributed by atoms with van der Waals surface area (Å²) in [6.07, 6.45) is 5.25. The topological polar surface area (TPSA) is 49.3 Å². The second-order valence-corrected chi connectivity index (χ2v) is 6.65. The van der Waals surface area contributed by atoms with Crippen LogP contribution in [0.1, 0.15) is 52.7 Å². The monoisotopic (exact) mass is 281 g/mol. The Balaban J connectivity index is 2.01. The molecule has 2 N–H and O–H groups in total. The van der Waals surface area contributed by atoms with Crippen molar-refractivity contribution in [1.82, 2.24) is 5.32 Å². The van der Waals surface area contributed by atoms with E-state index in [1.54, 1.807) is 11.3 Å². The maximum Gasteiger partial charge on any atom is 0.261 e. The van der Waals surface area contributed by atoms with Gasteiger partial charge in [0.25, 0.3) is 5.91 Å². The molecule has 19 heavy (non-hydrogen) atoms. The van der Waals surface area contributed by atoms with E-state index in [4.69, 9.17) is 0 Å². The number of aryl methyl sites for hydroxylation is 2. The van der Waals surface area contributed by atoms with E-state index in [0.29, 0.717) is 0 Å². The molecule has 1 fully saturated rings. The van der Waals surface area contributed by atoms with Crippen molar-refractivity contribution in [2.24, 2.45) is 5.92 Å². The lowest BCUT2D eigenvalue weighted by Gasteiger charge is -2.18. The summed E-state index contributed by atoms with van der Waals surface area (Å²) in [5, 5.41) is 12.4. The third-order valence-electron chi connectivity index (χ3n) is 3.97. The predicted octanol–water partition coefficient (Wildman–Crippen LogP) is 2.90. The minimum Gasteiger partial charge on any atom is -0.396 e. The maximum absolute atomic E-state index is 12.2. The second-order valence-electron chi connectivity index (χ2n) is 5.40. The number of nitrogens with one attached hydrogen (secondary N) is 1. The molecule has 0 saturated heterocycles. The molecular formula is C15H23NO2S. The van der Waals surface area contributed by atoms with Crippen LogP contribution in [0.2, 0.25) is 0 Å². The SMILES string of the molecule is CCCc1cc(C(=O)NC2CCCC2CO)sc1C. The molecule has 2 rings (SSSR count). The van der Waals surface area contributed by atoms with Crippen molar-refractivity contribution in [2.75, 3.05) is 6.61 Å². The average molecular weight is 281 g/mol. The van der Waals surface area contributed by atoms with Gasteiger partial charge in [-0.1, -0.05) is 19.8 Å². The van der Waals surface area contributed by atoms with Crippen molar-refractivity contribution in [3.05, 3.63) is 21.4 Å². The molecule has 1 aromatic rings. The highest BCUT2D eigenvalue weighted by molar-refractivity contribution is 7.14. The molecule has 3 nitrogen and oxygen atoms in total. The van der Waals surface area contributed by atoms with Crippen LogP contribution in [0.5, 0.6) is 0 Å². The molecule has 1 amide bonds. The lowest BCUT2D eigenvalue weighted by molar-refractivity contribution is 0.0920. The first-order chi connectivity index (χ1) is 9.15. The summed E-state index contributed by atoms with van der Waals surface area (Å²) < 4.78 is 0. The van der Waals surface area contributed by atoms with Crippen LogP contribution in [0.25, 0.3) is 0 Å². The highest BCUT2D eigenvalue weighted by atomic mass is 32.1. The molecule has 1 aliphatic rings. The zero-order chi connectivity index (χ0) is 13.8. The van der Waals surface area contributed by atoms with E-state index in [0.717, 1.165) is 37.0 Å². The van der Waals surface area contributed by atoms with E-state index >= 15 is 0 Å². The van der Waals surface area contributed by atoms with E-state index in [9.17, 15) is 9.90 Å². The number of thiophene rings is 1. The Hall–Kier alpha value is -0.870. The third kappa shape index (κ3) is 3.37. The maximum atomic E-state index is 12.2. The summed E-state index contributed by atoms with van der Waals surface area (Å²) in [7, 11) is 0. The molecule has 0 radical (unpaired) electrons. The number of rotatable bonds is 5. The Morgan fingerprint density at radius 3 is 3.00 bits per heavy atom. The molecule has 1 heterocycles. The Bertz CT molecular complexity index is 441. The van der Waals surface area contributed by atoms with Crippen LogP contribution in [0.15, 0.2) is 6.07 Å². The van der Waals surface area contributed by atoms with Crippen LogP contribution in [0.4, 0.5) is 0 Å². The van der Waals surface area contributed by atoms with Crippen molar-refractivity contribution in [2.45, 2.75) is 52.0 Å². The first kappa shape index (κ1) is 14.5. The van der Waals surface area contributed by atoms with Crippen molar-refractivity contribution >= 4 is 17.2 Å². The van der Waals surface area contributed by atoms with Crippen LogP contribution in [-0.2, 0) is 6.42 Å². The fourth-order valence-corrected chi connectivity index (χ4v) is 3.81. The van der Waals surface area contributed by atoms with Gasteiger partial charge in [0.05, 0.1) is 4.88 Å². The number of amides is 1. The zero-order valence-corrected chi connectivity index (χ0v) is 12.6. The normalized spacial score (nSPS) is 22.7. The Kier molecular flexibility index (Phi) is 4.99. The first-order valence-corrected chi connectivity index (χ1v) is 7.98. The summed E-state index contributed by atoms with van der Waals surface area (Å²) in [6.45, 7) is 4.41. The molecular weight excluding hydrogens is 258 g/mol. The predicted molar refractivity (Wildman–Crippen MR) is 78.7 cm³/mol. The van der Waals surface area contributed by atoms with Crippen molar-refractivity contribution in [3.63, 3.8) is 0 Å². The fourth-order valence-electron chi connectivity index (χ4n) is 2.83. The molecule has 0 spiro atoms. The molecule has 1 aliphatic carbocycles. The Labute approximate surface area is 119 Å². The minimum absolute atomic E-state index is 0.0285. The van der Waals surface area contributed by atoms with E-state index < -0.39 is 0 Å². The smallest absolute Gasteiger partial charge is 0.261 e. The van der Waals surface area contributed by atoms with Gasteiger partial charge in [-0.3, -0.25) is 4.79 Å². The second kappa shape index (κ2) is 6.53. The van der Waals surface area contributed by atoms with E-state index in [-0.39, 0.29) is 24.5 Å². The van der Waals surface area contributed by atoms with Crippen LogP contribution in [0, 0.1) is 12.8 Å². The highest BCUT2D eigenvalue weighted by Gasteiger charge is 2.28. The van der Waals surface area contributed by atoms with E-state index in [1.165, 1.54) is 10.4 Å². The van der Waals surface area contributed by atoms with Gasteiger partial charge in [0.1, 0.15) is 0 Å². The van der Waals surface area contributed by atoms with Gasteiger partial charge in [0.2, 0.25) is 0 Å². The largest absolute Gasteiger partial charge is 0.396 e. The lowest BCUT2D eigenvalue weighted by atomic mass is 10.1. The summed E-state index contributed by atoms with van der Waals surface area (Å²) >= 11 is 1.58. The standard InChI is InChI=1S/C15H23NO2S/c1-3-5-11-8-14(19-10(11)2)15(18)16-13-7-4-6-12(13)9-17/h8,12-13,17H,3-7,9H2,1-2H3,(H,16,18). The fraction of sp³-hybridized carbons (Fsp3) is 0.667. The van der Waals surface area contributed by atoms with Crippen LogP contribution >= 0.6 is 11.3 Å². The van der Waals surface area contributed by atoms with Gasteiger partial charge in [0.15, 0.2) is 0 Å². The van der Waals surface area contributed by atoms with Crippen LogP contribution in [-0.4, -0.2) is 23.7 Å². The highest BCUT2D eigenvalue weighted by Crippen LogP contribution is 2.27. The first-order valence-electron chi connectivity index (χ1n) is 7.16. The molecule has 0 aliphatic heterocycles. The summed E-state index contributed by atoms with van der Waals surface area (Å²) in [5.74, 6) is 0.265. The van der Waals surface area contributed by atoms with Crippen molar-refractivity contribution in [1.29, 1.82) is 0 Å². The minimum atomic E-state index is 0.0285. The Morgan fingerprint density at radius 2 is 2.32 bits per heavy atom. The molecule has 0 bridgehead atoms. The number of hydrogen-bond acceptors (Lipinski definition) is 3. The van der Waals surface area contributed by atoms with Gasteiger partial charge in [-0.25, -0.2) is 0 Å². The number of aliphatic hydroxyl groups is 1. The van der Waals surface area contributed by atoms with Crippen LogP contribution in [0.3, 0.4) is 0 Å². The van der Waals surface area contributed by atoms with E-state index in [2.05, 4.69) is 19.2 Å². The summed E-state index contributed by atoms with van der Waals surface area (Å²) in [6, 6.07) is 2.18. The van der Waals surface area contributed by atoms with Gasteiger partial charge in [-0.2, -0.15) is 0 Å². The van der Waals surface area contributed by atoms with Gasteiger partial charge < -0.3 is 10.4 Å². The summed E-state index contributed by atoms with van der Waals surface area (Å²) in [5.41, 5.74) is 1.29. The molecule has 0 aromatic carbocycles. The average Bonchev–Trinajstić information content (AvgIpc) is 2.97.